The molecule has 1 amide bonds. The maximum absolute atomic E-state index is 12.1. The number of hydrogen-bond donors (Lipinski definition) is 1. The molecule has 1 aromatic rings. The van der Waals surface area contributed by atoms with Gasteiger partial charge in [0.15, 0.2) is 0 Å². The number of rotatable bonds is 5. The average Bonchev–Trinajstić information content (AvgIpc) is 2.28. The first-order chi connectivity index (χ1) is 8.10. The van der Waals surface area contributed by atoms with Gasteiger partial charge in [-0.05, 0) is 18.2 Å². The minimum atomic E-state index is -0.241. The summed E-state index contributed by atoms with van der Waals surface area (Å²) in [5.41, 5.74) is 0.275. The Morgan fingerprint density at radius 3 is 2.41 bits per heavy atom. The Labute approximate surface area is 109 Å². The molecule has 0 heterocycles. The summed E-state index contributed by atoms with van der Waals surface area (Å²) in [6, 6.07) is 4.79. The third-order valence-electron chi connectivity index (χ3n) is 2.18. The molecule has 0 aliphatic heterocycles. The number of carbonyl (C=O) groups excluding carboxylic acids is 1. The summed E-state index contributed by atoms with van der Waals surface area (Å²) in [6.07, 6.45) is 3.27. The lowest BCUT2D eigenvalue weighted by Gasteiger charge is -2.19. The summed E-state index contributed by atoms with van der Waals surface area (Å²) < 4.78 is 0.727. The first kappa shape index (κ1) is 13.5. The van der Waals surface area contributed by atoms with E-state index < -0.39 is 0 Å². The van der Waals surface area contributed by atoms with Gasteiger partial charge in [-0.1, -0.05) is 28.1 Å². The molecule has 0 saturated carbocycles. The second-order valence-electron chi connectivity index (χ2n) is 3.45. The van der Waals surface area contributed by atoms with E-state index in [1.165, 1.54) is 6.07 Å². The molecule has 0 spiro atoms. The monoisotopic (exact) mass is 295 g/mol. The molecule has 0 atom stereocenters. The number of phenols is 1. The molecule has 0 aromatic heterocycles. The van der Waals surface area contributed by atoms with Gasteiger partial charge in [0.05, 0.1) is 5.56 Å². The topological polar surface area (TPSA) is 40.5 Å². The summed E-state index contributed by atoms with van der Waals surface area (Å²) >= 11 is 3.23. The Bertz CT molecular complexity index is 433. The van der Waals surface area contributed by atoms with Crippen LogP contribution in [0.1, 0.15) is 10.4 Å². The maximum atomic E-state index is 12.1. The fourth-order valence-corrected chi connectivity index (χ4v) is 1.76. The molecule has 17 heavy (non-hydrogen) atoms. The molecular formula is C13H14BrNO2. The van der Waals surface area contributed by atoms with Crippen molar-refractivity contribution in [1.82, 2.24) is 4.90 Å². The molecule has 1 N–H and O–H groups in total. The Hall–Kier alpha value is -1.55. The van der Waals surface area contributed by atoms with Gasteiger partial charge in [0.25, 0.3) is 5.91 Å². The number of aromatic hydroxyl groups is 1. The van der Waals surface area contributed by atoms with Gasteiger partial charge in [0.1, 0.15) is 5.75 Å². The highest BCUT2D eigenvalue weighted by Crippen LogP contribution is 2.23. The van der Waals surface area contributed by atoms with Gasteiger partial charge in [0, 0.05) is 17.6 Å². The molecule has 0 aliphatic rings. The summed E-state index contributed by atoms with van der Waals surface area (Å²) in [6.45, 7) is 8.03. The fourth-order valence-electron chi connectivity index (χ4n) is 1.41. The van der Waals surface area contributed by atoms with Crippen molar-refractivity contribution >= 4 is 21.8 Å². The van der Waals surface area contributed by atoms with Gasteiger partial charge >= 0.3 is 0 Å². The number of benzene rings is 1. The van der Waals surface area contributed by atoms with Crippen LogP contribution >= 0.6 is 15.9 Å². The lowest BCUT2D eigenvalue weighted by Crippen LogP contribution is -2.31. The lowest BCUT2D eigenvalue weighted by molar-refractivity contribution is 0.0788. The van der Waals surface area contributed by atoms with Crippen molar-refractivity contribution in [1.29, 1.82) is 0 Å². The first-order valence-electron chi connectivity index (χ1n) is 5.09. The van der Waals surface area contributed by atoms with Crippen LogP contribution < -0.4 is 0 Å². The van der Waals surface area contributed by atoms with Crippen LogP contribution in [-0.4, -0.2) is 29.0 Å². The molecule has 0 radical (unpaired) electrons. The molecule has 4 heteroatoms. The van der Waals surface area contributed by atoms with Crippen molar-refractivity contribution in [3.8, 4) is 5.75 Å². The van der Waals surface area contributed by atoms with Crippen molar-refractivity contribution in [2.24, 2.45) is 0 Å². The molecule has 1 rings (SSSR count). The van der Waals surface area contributed by atoms with Crippen molar-refractivity contribution < 1.29 is 9.90 Å². The summed E-state index contributed by atoms with van der Waals surface area (Å²) in [4.78, 5) is 13.7. The molecule has 0 fully saturated rings. The molecule has 0 unspecified atom stereocenters. The van der Waals surface area contributed by atoms with Crippen LogP contribution in [0.4, 0.5) is 0 Å². The van der Waals surface area contributed by atoms with Crippen molar-refractivity contribution in [2.75, 3.05) is 13.1 Å². The standard InChI is InChI=1S/C13H14BrNO2/c1-3-7-15(8-4-2)13(17)11-6-5-10(14)9-12(11)16/h3-6,9,16H,1-2,7-8H2. The predicted molar refractivity (Wildman–Crippen MR) is 72.1 cm³/mol. The van der Waals surface area contributed by atoms with Crippen LogP contribution in [0, 0.1) is 0 Å². The van der Waals surface area contributed by atoms with E-state index in [4.69, 9.17) is 0 Å². The van der Waals surface area contributed by atoms with Crippen LogP contribution in [0.5, 0.6) is 5.75 Å². The zero-order chi connectivity index (χ0) is 12.8. The molecule has 0 saturated heterocycles. The van der Waals surface area contributed by atoms with E-state index in [2.05, 4.69) is 29.1 Å². The fraction of sp³-hybridized carbons (Fsp3) is 0.154. The third kappa shape index (κ3) is 3.46. The van der Waals surface area contributed by atoms with Crippen LogP contribution in [-0.2, 0) is 0 Å². The minimum absolute atomic E-state index is 0.0394. The van der Waals surface area contributed by atoms with Crippen LogP contribution in [0.25, 0.3) is 0 Å². The smallest absolute Gasteiger partial charge is 0.258 e. The van der Waals surface area contributed by atoms with Crippen LogP contribution in [0.3, 0.4) is 0 Å². The Kier molecular flexibility index (Phi) is 4.97. The third-order valence-corrected chi connectivity index (χ3v) is 2.67. The zero-order valence-electron chi connectivity index (χ0n) is 9.40. The van der Waals surface area contributed by atoms with Gasteiger partial charge in [-0.25, -0.2) is 0 Å². The largest absolute Gasteiger partial charge is 0.507 e. The molecule has 3 nitrogen and oxygen atoms in total. The van der Waals surface area contributed by atoms with Gasteiger partial charge in [0.2, 0.25) is 0 Å². The molecule has 0 aliphatic carbocycles. The number of amides is 1. The highest BCUT2D eigenvalue weighted by atomic mass is 79.9. The highest BCUT2D eigenvalue weighted by molar-refractivity contribution is 9.10. The molecule has 0 bridgehead atoms. The number of carbonyl (C=O) groups is 1. The van der Waals surface area contributed by atoms with E-state index in [0.29, 0.717) is 13.1 Å². The average molecular weight is 296 g/mol. The van der Waals surface area contributed by atoms with E-state index >= 15 is 0 Å². The predicted octanol–water partition coefficient (Wildman–Crippen LogP) is 2.97. The second-order valence-corrected chi connectivity index (χ2v) is 4.36. The summed E-state index contributed by atoms with van der Waals surface area (Å²) in [5.74, 6) is -0.280. The molecule has 1 aromatic carbocycles. The van der Waals surface area contributed by atoms with Gasteiger partial charge in [-0.15, -0.1) is 13.2 Å². The Morgan fingerprint density at radius 2 is 1.94 bits per heavy atom. The van der Waals surface area contributed by atoms with Crippen molar-refractivity contribution in [2.45, 2.75) is 0 Å². The van der Waals surface area contributed by atoms with Crippen molar-refractivity contribution in [3.63, 3.8) is 0 Å². The van der Waals surface area contributed by atoms with E-state index in [1.807, 2.05) is 0 Å². The number of hydrogen-bond acceptors (Lipinski definition) is 2. The Balaban J connectivity index is 2.99. The minimum Gasteiger partial charge on any atom is -0.507 e. The SMILES string of the molecule is C=CCN(CC=C)C(=O)c1ccc(Br)cc1O. The molecule has 90 valence electrons. The number of nitrogens with zero attached hydrogens (tertiary/aromatic N) is 1. The van der Waals surface area contributed by atoms with E-state index in [-0.39, 0.29) is 17.2 Å². The van der Waals surface area contributed by atoms with Crippen molar-refractivity contribution in [3.05, 3.63) is 53.5 Å². The normalized spacial score (nSPS) is 9.71. The summed E-state index contributed by atoms with van der Waals surface area (Å²) in [5, 5.41) is 9.72. The Morgan fingerprint density at radius 1 is 1.35 bits per heavy atom. The van der Waals surface area contributed by atoms with Crippen LogP contribution in [0.15, 0.2) is 48.0 Å². The second kappa shape index (κ2) is 6.25. The number of halogens is 1. The van der Waals surface area contributed by atoms with Gasteiger partial charge in [-0.2, -0.15) is 0 Å². The highest BCUT2D eigenvalue weighted by Gasteiger charge is 2.16. The van der Waals surface area contributed by atoms with E-state index in [9.17, 15) is 9.90 Å². The quantitative estimate of drug-likeness (QED) is 0.849. The molecular weight excluding hydrogens is 282 g/mol. The zero-order valence-corrected chi connectivity index (χ0v) is 11.0. The lowest BCUT2D eigenvalue weighted by atomic mass is 10.1. The van der Waals surface area contributed by atoms with Gasteiger partial charge in [-0.3, -0.25) is 4.79 Å². The first-order valence-corrected chi connectivity index (χ1v) is 5.89. The van der Waals surface area contributed by atoms with Gasteiger partial charge < -0.3 is 10.0 Å². The maximum Gasteiger partial charge on any atom is 0.258 e. The van der Waals surface area contributed by atoms with E-state index in [0.717, 1.165) is 4.47 Å². The van der Waals surface area contributed by atoms with E-state index in [1.54, 1.807) is 29.2 Å². The van der Waals surface area contributed by atoms with Crippen LogP contribution in [0.2, 0.25) is 0 Å². The number of phenolic OH excluding ortho intramolecular Hbond substituents is 1. The summed E-state index contributed by atoms with van der Waals surface area (Å²) in [7, 11) is 0.